The van der Waals surface area contributed by atoms with E-state index >= 15 is 0 Å². The number of anilines is 1. The molecular weight excluding hydrogens is 282 g/mol. The van der Waals surface area contributed by atoms with Gasteiger partial charge in [-0.3, -0.25) is 10.2 Å². The average molecular weight is 301 g/mol. The summed E-state index contributed by atoms with van der Waals surface area (Å²) in [5.74, 6) is 5.34. The molecule has 0 unspecified atom stereocenters. The third-order valence-electron chi connectivity index (χ3n) is 3.00. The van der Waals surface area contributed by atoms with E-state index in [4.69, 9.17) is 16.3 Å². The largest absolute Gasteiger partial charge is 0.494 e. The second kappa shape index (κ2) is 7.37. The van der Waals surface area contributed by atoms with E-state index in [1.165, 1.54) is 6.07 Å². The van der Waals surface area contributed by atoms with Gasteiger partial charge in [0.2, 0.25) is 5.95 Å². The van der Waals surface area contributed by atoms with Crippen LogP contribution in [0.5, 0.6) is 5.75 Å². The van der Waals surface area contributed by atoms with Gasteiger partial charge in [0.15, 0.2) is 0 Å². The predicted octanol–water partition coefficient (Wildman–Crippen LogP) is 1.51. The molecule has 0 aliphatic carbocycles. The highest BCUT2D eigenvalue weighted by atomic mass is 16.5. The van der Waals surface area contributed by atoms with E-state index in [1.54, 1.807) is 0 Å². The van der Waals surface area contributed by atoms with Crippen LogP contribution in [-0.2, 0) is 0 Å². The minimum absolute atomic E-state index is 0.00778. The highest BCUT2D eigenvalue weighted by Crippen LogP contribution is 2.23. The number of carbonyl (C=O) groups excluding carboxylic acids is 1. The monoisotopic (exact) mass is 301 g/mol. The Labute approximate surface area is 128 Å². The zero-order valence-corrected chi connectivity index (χ0v) is 12.4. The van der Waals surface area contributed by atoms with Crippen molar-refractivity contribution in [3.05, 3.63) is 36.0 Å². The fraction of sp³-hybridized carbons (Fsp3) is 0.267. The van der Waals surface area contributed by atoms with Crippen molar-refractivity contribution in [2.45, 2.75) is 19.8 Å². The van der Waals surface area contributed by atoms with Crippen molar-refractivity contribution in [1.29, 1.82) is 0 Å². The molecule has 1 heterocycles. The standard InChI is InChI=1S/C15H19N5O2/c1-2-3-7-22-11-6-4-5-10(8-11)12-9-13(14(21)20-17)19-15(16)18-12/h4-6,8-9H,2-3,7,17H2,1H3,(H,20,21)(H2,16,18,19). The van der Waals surface area contributed by atoms with Gasteiger partial charge in [-0.05, 0) is 24.6 Å². The Morgan fingerprint density at radius 2 is 2.14 bits per heavy atom. The van der Waals surface area contributed by atoms with Gasteiger partial charge in [-0.2, -0.15) is 0 Å². The number of nitrogens with zero attached hydrogens (tertiary/aromatic N) is 2. The third kappa shape index (κ3) is 3.92. The van der Waals surface area contributed by atoms with Gasteiger partial charge < -0.3 is 10.5 Å². The molecule has 0 radical (unpaired) electrons. The fourth-order valence-electron chi connectivity index (χ4n) is 1.88. The van der Waals surface area contributed by atoms with Crippen LogP contribution in [0, 0.1) is 0 Å². The van der Waals surface area contributed by atoms with Gasteiger partial charge in [0, 0.05) is 5.56 Å². The number of unbranched alkanes of at least 4 members (excludes halogenated alkanes) is 1. The van der Waals surface area contributed by atoms with E-state index in [9.17, 15) is 4.79 Å². The van der Waals surface area contributed by atoms with E-state index in [2.05, 4.69) is 16.9 Å². The lowest BCUT2D eigenvalue weighted by atomic mass is 10.1. The molecule has 5 N–H and O–H groups in total. The Morgan fingerprint density at radius 1 is 1.32 bits per heavy atom. The molecule has 0 aliphatic rings. The lowest BCUT2D eigenvalue weighted by Crippen LogP contribution is -2.31. The Bertz CT molecular complexity index is 660. The first kappa shape index (κ1) is 15.7. The molecule has 0 saturated carbocycles. The average Bonchev–Trinajstić information content (AvgIpc) is 2.54. The number of aromatic nitrogens is 2. The van der Waals surface area contributed by atoms with E-state index in [0.717, 1.165) is 24.2 Å². The van der Waals surface area contributed by atoms with Crippen LogP contribution in [0.15, 0.2) is 30.3 Å². The third-order valence-corrected chi connectivity index (χ3v) is 3.00. The highest BCUT2D eigenvalue weighted by molar-refractivity contribution is 5.93. The lowest BCUT2D eigenvalue weighted by Gasteiger charge is -2.08. The molecule has 7 heteroatoms. The number of hydrogen-bond acceptors (Lipinski definition) is 6. The molecule has 0 fully saturated rings. The summed E-state index contributed by atoms with van der Waals surface area (Å²) in [7, 11) is 0. The van der Waals surface area contributed by atoms with Crippen LogP contribution in [0.4, 0.5) is 5.95 Å². The number of benzene rings is 1. The van der Waals surface area contributed by atoms with Crippen molar-refractivity contribution in [3.63, 3.8) is 0 Å². The summed E-state index contributed by atoms with van der Waals surface area (Å²) in [6, 6.07) is 8.97. The quantitative estimate of drug-likeness (QED) is 0.322. The van der Waals surface area contributed by atoms with E-state index in [0.29, 0.717) is 12.3 Å². The van der Waals surface area contributed by atoms with Crippen LogP contribution in [-0.4, -0.2) is 22.5 Å². The van der Waals surface area contributed by atoms with Crippen molar-refractivity contribution in [3.8, 4) is 17.0 Å². The molecule has 116 valence electrons. The summed E-state index contributed by atoms with van der Waals surface area (Å²) < 4.78 is 5.66. The number of nitrogens with two attached hydrogens (primary N) is 2. The summed E-state index contributed by atoms with van der Waals surface area (Å²) in [4.78, 5) is 19.6. The van der Waals surface area contributed by atoms with Crippen molar-refractivity contribution in [2.75, 3.05) is 12.3 Å². The smallest absolute Gasteiger partial charge is 0.283 e. The van der Waals surface area contributed by atoms with Crippen LogP contribution in [0.3, 0.4) is 0 Å². The minimum atomic E-state index is -0.522. The van der Waals surface area contributed by atoms with Gasteiger partial charge in [-0.25, -0.2) is 15.8 Å². The van der Waals surface area contributed by atoms with Gasteiger partial charge in [0.1, 0.15) is 11.4 Å². The molecule has 0 spiro atoms. The number of amides is 1. The molecule has 1 amide bonds. The number of nitrogens with one attached hydrogen (secondary N) is 1. The molecule has 0 atom stereocenters. The van der Waals surface area contributed by atoms with E-state index in [-0.39, 0.29) is 11.6 Å². The molecule has 2 aromatic rings. The Kier molecular flexibility index (Phi) is 5.26. The Balaban J connectivity index is 2.29. The molecule has 7 nitrogen and oxygen atoms in total. The van der Waals surface area contributed by atoms with Crippen LogP contribution in [0.25, 0.3) is 11.3 Å². The second-order valence-electron chi connectivity index (χ2n) is 4.70. The lowest BCUT2D eigenvalue weighted by molar-refractivity contribution is 0.0948. The maximum atomic E-state index is 11.6. The molecule has 2 rings (SSSR count). The van der Waals surface area contributed by atoms with Crippen molar-refractivity contribution >= 4 is 11.9 Å². The molecule has 0 bridgehead atoms. The maximum Gasteiger partial charge on any atom is 0.283 e. The number of hydrogen-bond donors (Lipinski definition) is 3. The SMILES string of the molecule is CCCCOc1cccc(-c2cc(C(=O)NN)nc(N)n2)c1. The summed E-state index contributed by atoms with van der Waals surface area (Å²) in [5, 5.41) is 0. The summed E-state index contributed by atoms with van der Waals surface area (Å²) >= 11 is 0. The number of ether oxygens (including phenoxy) is 1. The summed E-state index contributed by atoms with van der Waals surface area (Å²) in [5.41, 5.74) is 9.11. The van der Waals surface area contributed by atoms with Crippen LogP contribution >= 0.6 is 0 Å². The normalized spacial score (nSPS) is 10.3. The maximum absolute atomic E-state index is 11.6. The van der Waals surface area contributed by atoms with Crippen LogP contribution in [0.2, 0.25) is 0 Å². The van der Waals surface area contributed by atoms with E-state index in [1.807, 2.05) is 29.7 Å². The van der Waals surface area contributed by atoms with Gasteiger partial charge in [0.25, 0.3) is 5.91 Å². The highest BCUT2D eigenvalue weighted by Gasteiger charge is 2.11. The first-order valence-corrected chi connectivity index (χ1v) is 7.02. The molecule has 0 aliphatic heterocycles. The zero-order chi connectivity index (χ0) is 15.9. The molecule has 0 saturated heterocycles. The van der Waals surface area contributed by atoms with Crippen molar-refractivity contribution in [2.24, 2.45) is 5.84 Å². The van der Waals surface area contributed by atoms with Gasteiger partial charge >= 0.3 is 0 Å². The van der Waals surface area contributed by atoms with Crippen molar-refractivity contribution in [1.82, 2.24) is 15.4 Å². The molecule has 22 heavy (non-hydrogen) atoms. The second-order valence-corrected chi connectivity index (χ2v) is 4.70. The topological polar surface area (TPSA) is 116 Å². The Morgan fingerprint density at radius 3 is 2.86 bits per heavy atom. The first-order valence-electron chi connectivity index (χ1n) is 7.02. The number of hydrazine groups is 1. The van der Waals surface area contributed by atoms with Gasteiger partial charge in [-0.1, -0.05) is 25.5 Å². The summed E-state index contributed by atoms with van der Waals surface area (Å²) in [6.07, 6.45) is 2.06. The Hall–Kier alpha value is -2.67. The molecule has 1 aromatic heterocycles. The molecular formula is C15H19N5O2. The molecule has 1 aromatic carbocycles. The number of carbonyl (C=O) groups is 1. The summed E-state index contributed by atoms with van der Waals surface area (Å²) in [6.45, 7) is 2.76. The van der Waals surface area contributed by atoms with E-state index < -0.39 is 5.91 Å². The minimum Gasteiger partial charge on any atom is -0.494 e. The van der Waals surface area contributed by atoms with Crippen molar-refractivity contribution < 1.29 is 9.53 Å². The van der Waals surface area contributed by atoms with Crippen LogP contribution in [0.1, 0.15) is 30.3 Å². The first-order chi connectivity index (χ1) is 10.6. The number of rotatable bonds is 6. The number of nitrogen functional groups attached to an aromatic ring is 2. The van der Waals surface area contributed by atoms with Gasteiger partial charge in [0.05, 0.1) is 12.3 Å². The predicted molar refractivity (Wildman–Crippen MR) is 83.9 cm³/mol. The van der Waals surface area contributed by atoms with Gasteiger partial charge in [-0.15, -0.1) is 0 Å². The van der Waals surface area contributed by atoms with Crippen LogP contribution < -0.4 is 21.7 Å². The fourth-order valence-corrected chi connectivity index (χ4v) is 1.88. The zero-order valence-electron chi connectivity index (χ0n) is 12.4.